The Balaban J connectivity index is 1.62. The van der Waals surface area contributed by atoms with E-state index in [9.17, 15) is 4.79 Å². The average Bonchev–Trinajstić information content (AvgIpc) is 2.54. The van der Waals surface area contributed by atoms with E-state index in [1.54, 1.807) is 0 Å². The van der Waals surface area contributed by atoms with Crippen molar-refractivity contribution in [2.24, 2.45) is 0 Å². The fourth-order valence-electron chi connectivity index (χ4n) is 2.38. The summed E-state index contributed by atoms with van der Waals surface area (Å²) in [6.07, 6.45) is 3.12. The van der Waals surface area contributed by atoms with E-state index in [1.165, 1.54) is 5.56 Å². The number of rotatable bonds is 3. The van der Waals surface area contributed by atoms with Crippen LogP contribution in [0.4, 0.5) is 4.79 Å². The average molecular weight is 280 g/mol. The maximum absolute atomic E-state index is 11.8. The molecule has 0 spiro atoms. The van der Waals surface area contributed by atoms with Gasteiger partial charge in [-0.2, -0.15) is 0 Å². The van der Waals surface area contributed by atoms with Crippen molar-refractivity contribution in [1.82, 2.24) is 0 Å². The van der Waals surface area contributed by atoms with Gasteiger partial charge in [0.2, 0.25) is 0 Å². The van der Waals surface area contributed by atoms with Crippen LogP contribution >= 0.6 is 0 Å². The summed E-state index contributed by atoms with van der Waals surface area (Å²) in [6.45, 7) is 0.217. The third-order valence-electron chi connectivity index (χ3n) is 3.42. The van der Waals surface area contributed by atoms with Crippen LogP contribution in [0.3, 0.4) is 0 Å². The van der Waals surface area contributed by atoms with Crippen molar-refractivity contribution < 1.29 is 14.3 Å². The molecule has 3 rings (SSSR count). The molecule has 106 valence electrons. The fraction of sp³-hybridized carbons (Fsp3) is 0.167. The Hall–Kier alpha value is -2.55. The summed E-state index contributed by atoms with van der Waals surface area (Å²) >= 11 is 0. The van der Waals surface area contributed by atoms with Crippen LogP contribution in [0, 0.1) is 0 Å². The normalized spacial score (nSPS) is 13.0. The van der Waals surface area contributed by atoms with E-state index in [4.69, 9.17) is 9.47 Å². The van der Waals surface area contributed by atoms with Crippen molar-refractivity contribution in [3.8, 4) is 0 Å². The van der Waals surface area contributed by atoms with E-state index in [0.29, 0.717) is 5.76 Å². The van der Waals surface area contributed by atoms with Crippen LogP contribution in [0.5, 0.6) is 0 Å². The van der Waals surface area contributed by atoms with Crippen LogP contribution in [0.1, 0.15) is 23.1 Å². The first-order valence-electron chi connectivity index (χ1n) is 7.00. The maximum Gasteiger partial charge on any atom is 0.514 e. The predicted molar refractivity (Wildman–Crippen MR) is 80.5 cm³/mol. The Kier molecular flexibility index (Phi) is 4.01. The molecule has 0 amide bonds. The molecule has 0 aromatic heterocycles. The van der Waals surface area contributed by atoms with Gasteiger partial charge in [0.1, 0.15) is 12.4 Å². The van der Waals surface area contributed by atoms with Gasteiger partial charge in [-0.25, -0.2) is 4.79 Å². The molecule has 3 nitrogen and oxygen atoms in total. The molecular weight excluding hydrogens is 264 g/mol. The van der Waals surface area contributed by atoms with E-state index < -0.39 is 6.16 Å². The summed E-state index contributed by atoms with van der Waals surface area (Å²) in [4.78, 5) is 11.8. The number of carbonyl (C=O) groups is 1. The minimum absolute atomic E-state index is 0.217. The van der Waals surface area contributed by atoms with Gasteiger partial charge in [-0.3, -0.25) is 0 Å². The summed E-state index contributed by atoms with van der Waals surface area (Å²) < 4.78 is 10.5. The molecule has 0 heterocycles. The Morgan fingerprint density at radius 1 is 1.00 bits per heavy atom. The second-order valence-corrected chi connectivity index (χ2v) is 4.89. The maximum atomic E-state index is 11.8. The highest BCUT2D eigenvalue weighted by atomic mass is 16.7. The minimum atomic E-state index is -0.665. The summed E-state index contributed by atoms with van der Waals surface area (Å²) in [5, 5.41) is 0. The Bertz CT molecular complexity index is 659. The van der Waals surface area contributed by atoms with Crippen LogP contribution < -0.4 is 0 Å². The Labute approximate surface area is 123 Å². The van der Waals surface area contributed by atoms with Gasteiger partial charge in [-0.15, -0.1) is 0 Å². The lowest BCUT2D eigenvalue weighted by atomic mass is 9.96. The molecule has 0 aliphatic heterocycles. The van der Waals surface area contributed by atoms with E-state index >= 15 is 0 Å². The van der Waals surface area contributed by atoms with Crippen molar-refractivity contribution in [3.63, 3.8) is 0 Å². The first kappa shape index (κ1) is 13.4. The molecule has 21 heavy (non-hydrogen) atoms. The number of hydrogen-bond acceptors (Lipinski definition) is 3. The van der Waals surface area contributed by atoms with Gasteiger partial charge in [-0.1, -0.05) is 54.6 Å². The molecule has 1 aliphatic carbocycles. The Morgan fingerprint density at radius 3 is 2.62 bits per heavy atom. The molecule has 0 saturated heterocycles. The second-order valence-electron chi connectivity index (χ2n) is 4.89. The van der Waals surface area contributed by atoms with E-state index in [1.807, 2.05) is 54.6 Å². The number of allylic oxidation sites excluding steroid dienone is 1. The lowest BCUT2D eigenvalue weighted by Gasteiger charge is -2.16. The molecule has 0 saturated carbocycles. The summed E-state index contributed by atoms with van der Waals surface area (Å²) in [7, 11) is 0. The molecule has 0 radical (unpaired) electrons. The van der Waals surface area contributed by atoms with E-state index in [2.05, 4.69) is 6.07 Å². The highest BCUT2D eigenvalue weighted by Crippen LogP contribution is 2.27. The molecule has 0 N–H and O–H groups in total. The van der Waals surface area contributed by atoms with Crippen molar-refractivity contribution in [3.05, 3.63) is 77.4 Å². The standard InChI is InChI=1S/C18H16O3/c19-18(20-13-14-7-2-1-3-8-14)21-17-12-6-10-15-9-4-5-11-16(15)17/h1-5,7-9,11-12H,6,10,13H2. The molecule has 3 heteroatoms. The summed E-state index contributed by atoms with van der Waals surface area (Å²) in [6, 6.07) is 17.5. The Morgan fingerprint density at radius 2 is 1.76 bits per heavy atom. The highest BCUT2D eigenvalue weighted by molar-refractivity contribution is 5.75. The van der Waals surface area contributed by atoms with Crippen LogP contribution in [-0.4, -0.2) is 6.16 Å². The number of hydrogen-bond donors (Lipinski definition) is 0. The van der Waals surface area contributed by atoms with Crippen LogP contribution in [0.2, 0.25) is 0 Å². The van der Waals surface area contributed by atoms with Gasteiger partial charge in [0.05, 0.1) is 0 Å². The number of aryl methyl sites for hydroxylation is 1. The molecule has 0 bridgehead atoms. The lowest BCUT2D eigenvalue weighted by Crippen LogP contribution is -2.10. The van der Waals surface area contributed by atoms with Crippen LogP contribution in [-0.2, 0) is 22.5 Å². The molecule has 0 atom stereocenters. The van der Waals surface area contributed by atoms with Gasteiger partial charge in [-0.05, 0) is 30.0 Å². The van der Waals surface area contributed by atoms with Gasteiger partial charge in [0.15, 0.2) is 0 Å². The monoisotopic (exact) mass is 280 g/mol. The number of benzene rings is 2. The lowest BCUT2D eigenvalue weighted by molar-refractivity contribution is 0.0840. The molecule has 0 unspecified atom stereocenters. The zero-order valence-corrected chi connectivity index (χ0v) is 11.6. The van der Waals surface area contributed by atoms with Crippen LogP contribution in [0.15, 0.2) is 60.7 Å². The quantitative estimate of drug-likeness (QED) is 0.785. The second kappa shape index (κ2) is 6.27. The van der Waals surface area contributed by atoms with Crippen molar-refractivity contribution in [2.45, 2.75) is 19.4 Å². The summed E-state index contributed by atoms with van der Waals surface area (Å²) in [5.41, 5.74) is 3.11. The zero-order chi connectivity index (χ0) is 14.5. The molecular formula is C18H16O3. The number of ether oxygens (including phenoxy) is 2. The first-order valence-corrected chi connectivity index (χ1v) is 7.00. The summed E-state index contributed by atoms with van der Waals surface area (Å²) in [5.74, 6) is 0.593. The minimum Gasteiger partial charge on any atom is -0.429 e. The zero-order valence-electron chi connectivity index (χ0n) is 11.6. The molecule has 1 aliphatic rings. The number of carbonyl (C=O) groups excluding carboxylic acids is 1. The molecule has 0 fully saturated rings. The van der Waals surface area contributed by atoms with Crippen LogP contribution in [0.25, 0.3) is 5.76 Å². The first-order chi connectivity index (χ1) is 10.3. The molecule has 2 aromatic carbocycles. The smallest absolute Gasteiger partial charge is 0.429 e. The van der Waals surface area contributed by atoms with Gasteiger partial charge in [0.25, 0.3) is 0 Å². The van der Waals surface area contributed by atoms with Gasteiger partial charge >= 0.3 is 6.16 Å². The number of fused-ring (bicyclic) bond motifs is 1. The SMILES string of the molecule is O=C(OCc1ccccc1)OC1=CCCc2ccccc21. The van der Waals surface area contributed by atoms with Gasteiger partial charge < -0.3 is 9.47 Å². The highest BCUT2D eigenvalue weighted by Gasteiger charge is 2.16. The third-order valence-corrected chi connectivity index (χ3v) is 3.42. The fourth-order valence-corrected chi connectivity index (χ4v) is 2.38. The topological polar surface area (TPSA) is 35.5 Å². The van der Waals surface area contributed by atoms with E-state index in [-0.39, 0.29) is 6.61 Å². The third kappa shape index (κ3) is 3.31. The van der Waals surface area contributed by atoms with Gasteiger partial charge in [0, 0.05) is 5.56 Å². The predicted octanol–water partition coefficient (Wildman–Crippen LogP) is 4.33. The van der Waals surface area contributed by atoms with Crippen molar-refractivity contribution in [2.75, 3.05) is 0 Å². The van der Waals surface area contributed by atoms with E-state index in [0.717, 1.165) is 24.0 Å². The largest absolute Gasteiger partial charge is 0.514 e. The molecule has 2 aromatic rings. The van der Waals surface area contributed by atoms with Crippen molar-refractivity contribution >= 4 is 11.9 Å². The van der Waals surface area contributed by atoms with Crippen molar-refractivity contribution in [1.29, 1.82) is 0 Å².